The average Bonchev–Trinajstić information content (AvgIpc) is 3.04. The molecule has 138 valence electrons. The second-order valence-electron chi connectivity index (χ2n) is 5.80. The normalized spacial score (nSPS) is 10.6. The standard InChI is InChI=1S/C18H22AsN3.3ClH/c1-3-18(20,4-2)13-7-5-12(6-8-13)14-9-10-16-15(17(14)19)11-21-22-16;;;/h5-11H,3-4,19-20H2,1-2H3,(H,21,22);3*1H. The van der Waals surface area contributed by atoms with E-state index in [0.717, 1.165) is 18.4 Å². The number of aromatic nitrogens is 2. The number of nitrogens with two attached hydrogens (primary N) is 1. The molecular formula is C18H25AsCl3N3. The molecule has 7 heteroatoms. The van der Waals surface area contributed by atoms with Gasteiger partial charge in [-0.25, -0.2) is 0 Å². The van der Waals surface area contributed by atoms with Gasteiger partial charge in [-0.15, -0.1) is 37.2 Å². The molecule has 2 aromatic carbocycles. The first-order chi connectivity index (χ1) is 10.6. The van der Waals surface area contributed by atoms with Crippen LogP contribution in [0.5, 0.6) is 0 Å². The number of halogens is 3. The van der Waals surface area contributed by atoms with Crippen LogP contribution in [-0.4, -0.2) is 27.1 Å². The number of nitrogens with one attached hydrogen (secondary N) is 1. The first kappa shape index (κ1) is 24.3. The van der Waals surface area contributed by atoms with E-state index in [1.807, 2.05) is 6.20 Å². The Morgan fingerprint density at radius 1 is 1.00 bits per heavy atom. The van der Waals surface area contributed by atoms with Gasteiger partial charge in [0.25, 0.3) is 0 Å². The largest absolute Gasteiger partial charge is 0.147 e. The Bertz CT molecular complexity index is 799. The Kier molecular flexibility index (Phi) is 9.57. The second-order valence-corrected chi connectivity index (χ2v) is 7.01. The molecule has 0 bridgehead atoms. The zero-order valence-corrected chi connectivity index (χ0v) is 19.2. The van der Waals surface area contributed by atoms with Crippen LogP contribution in [0.2, 0.25) is 0 Å². The van der Waals surface area contributed by atoms with Gasteiger partial charge in [-0.1, -0.05) is 0 Å². The van der Waals surface area contributed by atoms with E-state index in [1.54, 1.807) is 16.9 Å². The summed E-state index contributed by atoms with van der Waals surface area (Å²) in [5.41, 5.74) is 11.1. The van der Waals surface area contributed by atoms with E-state index in [4.69, 9.17) is 5.73 Å². The minimum atomic E-state index is -0.216. The first-order valence-corrected chi connectivity index (χ1v) is 8.91. The number of fused-ring (bicyclic) bond motifs is 1. The Labute approximate surface area is 176 Å². The molecule has 3 aromatic rings. The predicted molar refractivity (Wildman–Crippen MR) is 118 cm³/mol. The number of aromatic amines is 1. The molecule has 3 rings (SSSR count). The third-order valence-electron chi connectivity index (χ3n) is 4.70. The summed E-state index contributed by atoms with van der Waals surface area (Å²) in [5, 5.41) is 8.37. The smallest absolute Gasteiger partial charge is 0.147 e. The summed E-state index contributed by atoms with van der Waals surface area (Å²) in [5.74, 6) is 0. The molecule has 0 amide bonds. The monoisotopic (exact) mass is 463 g/mol. The van der Waals surface area contributed by atoms with Gasteiger partial charge in [0.15, 0.2) is 0 Å². The Morgan fingerprint density at radius 2 is 1.60 bits per heavy atom. The van der Waals surface area contributed by atoms with Gasteiger partial charge in [0.2, 0.25) is 0 Å². The summed E-state index contributed by atoms with van der Waals surface area (Å²) in [6, 6.07) is 13.0. The van der Waals surface area contributed by atoms with Crippen LogP contribution in [0.1, 0.15) is 32.3 Å². The van der Waals surface area contributed by atoms with Gasteiger partial charge >= 0.3 is 140 Å². The van der Waals surface area contributed by atoms with E-state index < -0.39 is 0 Å². The Morgan fingerprint density at radius 3 is 2.16 bits per heavy atom. The Hall–Kier alpha value is -0.702. The quantitative estimate of drug-likeness (QED) is 0.578. The van der Waals surface area contributed by atoms with Crippen molar-refractivity contribution in [2.24, 2.45) is 5.73 Å². The number of benzene rings is 2. The predicted octanol–water partition coefficient (Wildman–Crippen LogP) is 3.73. The molecule has 0 saturated carbocycles. The first-order valence-electron chi connectivity index (χ1n) is 7.70. The fraction of sp³-hybridized carbons (Fsp3) is 0.278. The summed E-state index contributed by atoms with van der Waals surface area (Å²) in [6.45, 7) is 4.30. The molecule has 0 aliphatic heterocycles. The SMILES string of the molecule is CCC(N)(CC)c1ccc(-c2ccc3[nH]ncc3c2[AsH2])cc1.Cl.Cl.Cl. The van der Waals surface area contributed by atoms with Gasteiger partial charge in [0, 0.05) is 0 Å². The van der Waals surface area contributed by atoms with E-state index in [2.05, 4.69) is 60.4 Å². The molecule has 1 aromatic heterocycles. The van der Waals surface area contributed by atoms with Crippen LogP contribution in [0.25, 0.3) is 22.0 Å². The molecule has 1 heterocycles. The van der Waals surface area contributed by atoms with Crippen molar-refractivity contribution in [3.8, 4) is 11.1 Å². The number of nitrogens with zero attached hydrogens (tertiary/aromatic N) is 1. The molecule has 0 radical (unpaired) electrons. The summed E-state index contributed by atoms with van der Waals surface area (Å²) in [7, 11) is 0. The van der Waals surface area contributed by atoms with Crippen molar-refractivity contribution in [2.45, 2.75) is 32.2 Å². The van der Waals surface area contributed by atoms with Crippen LogP contribution in [0.15, 0.2) is 42.6 Å². The van der Waals surface area contributed by atoms with Crippen molar-refractivity contribution >= 4 is 69.3 Å². The number of H-pyrrole nitrogens is 1. The molecule has 3 nitrogen and oxygen atoms in total. The summed E-state index contributed by atoms with van der Waals surface area (Å²) in [6.07, 6.45) is 3.81. The molecule has 3 N–H and O–H groups in total. The van der Waals surface area contributed by atoms with Crippen molar-refractivity contribution in [1.82, 2.24) is 10.2 Å². The summed E-state index contributed by atoms with van der Waals surface area (Å²) in [4.78, 5) is 0. The minimum Gasteiger partial charge on any atom is -0.147 e. The van der Waals surface area contributed by atoms with Crippen LogP contribution >= 0.6 is 37.2 Å². The number of hydrogen-bond donors (Lipinski definition) is 2. The molecule has 0 spiro atoms. The van der Waals surface area contributed by atoms with Crippen molar-refractivity contribution in [1.29, 1.82) is 0 Å². The maximum atomic E-state index is 6.49. The van der Waals surface area contributed by atoms with Gasteiger partial charge in [-0.2, -0.15) is 0 Å². The van der Waals surface area contributed by atoms with Crippen LogP contribution < -0.4 is 10.1 Å². The van der Waals surface area contributed by atoms with Crippen molar-refractivity contribution in [3.05, 3.63) is 48.2 Å². The fourth-order valence-corrected chi connectivity index (χ4v) is 3.97. The molecule has 25 heavy (non-hydrogen) atoms. The fourth-order valence-electron chi connectivity index (χ4n) is 2.93. The molecule has 1 unspecified atom stereocenters. The van der Waals surface area contributed by atoms with Crippen LogP contribution in [0, 0.1) is 0 Å². The summed E-state index contributed by atoms with van der Waals surface area (Å²) < 4.78 is 1.32. The van der Waals surface area contributed by atoms with E-state index in [0.29, 0.717) is 0 Å². The minimum absolute atomic E-state index is 0. The molecule has 1 atom stereocenters. The number of rotatable bonds is 4. The van der Waals surface area contributed by atoms with Gasteiger partial charge in [-0.05, 0) is 0 Å². The van der Waals surface area contributed by atoms with E-state index in [1.165, 1.54) is 26.4 Å². The number of hydrogen-bond acceptors (Lipinski definition) is 2. The summed E-state index contributed by atoms with van der Waals surface area (Å²) >= 11 is 1.63. The van der Waals surface area contributed by atoms with Crippen molar-refractivity contribution in [2.75, 3.05) is 0 Å². The van der Waals surface area contributed by atoms with E-state index >= 15 is 0 Å². The van der Waals surface area contributed by atoms with Crippen LogP contribution in [0.4, 0.5) is 0 Å². The van der Waals surface area contributed by atoms with E-state index in [-0.39, 0.29) is 42.8 Å². The van der Waals surface area contributed by atoms with Gasteiger partial charge in [-0.3, -0.25) is 0 Å². The molecular weight excluding hydrogens is 440 g/mol. The molecule has 0 saturated heterocycles. The average molecular weight is 465 g/mol. The van der Waals surface area contributed by atoms with Crippen molar-refractivity contribution < 1.29 is 0 Å². The topological polar surface area (TPSA) is 54.7 Å². The van der Waals surface area contributed by atoms with Gasteiger partial charge in [0.1, 0.15) is 0 Å². The molecule has 0 fully saturated rings. The van der Waals surface area contributed by atoms with Crippen LogP contribution in [-0.2, 0) is 5.54 Å². The molecule has 0 aliphatic carbocycles. The maximum absolute atomic E-state index is 6.49. The zero-order chi connectivity index (χ0) is 15.7. The molecule has 0 aliphatic rings. The van der Waals surface area contributed by atoms with E-state index in [9.17, 15) is 0 Å². The van der Waals surface area contributed by atoms with Gasteiger partial charge in [0.05, 0.1) is 0 Å². The van der Waals surface area contributed by atoms with Crippen molar-refractivity contribution in [3.63, 3.8) is 0 Å². The maximum Gasteiger partial charge on any atom is -0.147 e. The zero-order valence-electron chi connectivity index (χ0n) is 14.3. The van der Waals surface area contributed by atoms with Crippen LogP contribution in [0.3, 0.4) is 0 Å². The van der Waals surface area contributed by atoms with Gasteiger partial charge < -0.3 is 0 Å². The third-order valence-corrected chi connectivity index (χ3v) is 6.00. The second kappa shape index (κ2) is 9.85. The third kappa shape index (κ3) is 4.53. The Balaban J connectivity index is 0.00000192.